The Morgan fingerprint density at radius 1 is 1.43 bits per heavy atom. The molecule has 0 aromatic heterocycles. The van der Waals surface area contributed by atoms with Crippen molar-refractivity contribution >= 4 is 5.91 Å². The van der Waals surface area contributed by atoms with E-state index in [-0.39, 0.29) is 18.5 Å². The van der Waals surface area contributed by atoms with Crippen molar-refractivity contribution in [3.8, 4) is 0 Å². The van der Waals surface area contributed by atoms with Gasteiger partial charge in [-0.3, -0.25) is 9.69 Å². The predicted molar refractivity (Wildman–Crippen MR) is 80.9 cm³/mol. The van der Waals surface area contributed by atoms with Crippen LogP contribution in [-0.2, 0) is 16.1 Å². The topological polar surface area (TPSA) is 61.8 Å². The summed E-state index contributed by atoms with van der Waals surface area (Å²) in [6, 6.07) is 7.92. The molecule has 0 unspecified atom stereocenters. The molecule has 1 fully saturated rings. The summed E-state index contributed by atoms with van der Waals surface area (Å²) in [5.74, 6) is -0.0285. The van der Waals surface area contributed by atoms with E-state index in [1.54, 1.807) is 0 Å². The number of rotatable bonds is 6. The minimum atomic E-state index is -0.505. The van der Waals surface area contributed by atoms with Crippen LogP contribution in [-0.4, -0.2) is 54.4 Å². The molecule has 1 aromatic carbocycles. The van der Waals surface area contributed by atoms with Gasteiger partial charge in [-0.1, -0.05) is 31.2 Å². The van der Waals surface area contributed by atoms with E-state index >= 15 is 0 Å². The van der Waals surface area contributed by atoms with Gasteiger partial charge < -0.3 is 15.2 Å². The zero-order valence-electron chi connectivity index (χ0n) is 12.7. The molecule has 0 saturated carbocycles. The van der Waals surface area contributed by atoms with Gasteiger partial charge in [-0.2, -0.15) is 0 Å². The van der Waals surface area contributed by atoms with E-state index in [0.717, 1.165) is 5.56 Å². The Kier molecular flexibility index (Phi) is 5.73. The highest BCUT2D eigenvalue weighted by molar-refractivity contribution is 5.78. The molecule has 1 aromatic rings. The second-order valence-electron chi connectivity index (χ2n) is 5.44. The summed E-state index contributed by atoms with van der Waals surface area (Å²) in [7, 11) is 0. The van der Waals surface area contributed by atoms with Crippen LogP contribution in [0.5, 0.6) is 0 Å². The van der Waals surface area contributed by atoms with Crippen molar-refractivity contribution in [3.63, 3.8) is 0 Å². The molecule has 1 aliphatic rings. The van der Waals surface area contributed by atoms with Crippen LogP contribution in [0.1, 0.15) is 18.1 Å². The number of aliphatic hydroxyl groups excluding tert-OH is 1. The lowest BCUT2D eigenvalue weighted by molar-refractivity contribution is -0.123. The fourth-order valence-corrected chi connectivity index (χ4v) is 2.59. The van der Waals surface area contributed by atoms with Crippen molar-refractivity contribution in [2.75, 3.05) is 26.3 Å². The van der Waals surface area contributed by atoms with Crippen LogP contribution >= 0.6 is 0 Å². The van der Waals surface area contributed by atoms with Crippen molar-refractivity contribution in [1.29, 1.82) is 0 Å². The van der Waals surface area contributed by atoms with Crippen LogP contribution in [0.2, 0.25) is 0 Å². The first-order valence-corrected chi connectivity index (χ1v) is 7.43. The highest BCUT2D eigenvalue weighted by Crippen LogP contribution is 2.13. The largest absolute Gasteiger partial charge is 0.389 e. The normalized spacial score (nSPS) is 21.7. The Bertz CT molecular complexity index is 478. The number of amides is 1. The van der Waals surface area contributed by atoms with Gasteiger partial charge in [-0.25, -0.2) is 0 Å². The quantitative estimate of drug-likeness (QED) is 0.810. The van der Waals surface area contributed by atoms with Crippen LogP contribution in [0.3, 0.4) is 0 Å². The number of ether oxygens (including phenoxy) is 1. The number of aryl methyl sites for hydroxylation is 1. The first kappa shape index (κ1) is 15.9. The lowest BCUT2D eigenvalue weighted by Gasteiger charge is -2.27. The smallest absolute Gasteiger partial charge is 0.234 e. The minimum Gasteiger partial charge on any atom is -0.389 e. The zero-order valence-corrected chi connectivity index (χ0v) is 12.7. The third-order valence-electron chi connectivity index (χ3n) is 3.98. The second kappa shape index (κ2) is 7.54. The maximum absolute atomic E-state index is 12.1. The second-order valence-corrected chi connectivity index (χ2v) is 5.44. The van der Waals surface area contributed by atoms with Gasteiger partial charge in [0.05, 0.1) is 31.9 Å². The standard InChI is InChI=1S/C16H24N2O3/c1-3-18(14-10-21-11-15(14)19)9-16(20)17-8-13-7-5-4-6-12(13)2/h4-7,14-15,19H,3,8-11H2,1-2H3,(H,17,20)/t14-,15-/m1/s1. The van der Waals surface area contributed by atoms with E-state index in [1.807, 2.05) is 43.0 Å². The third-order valence-corrected chi connectivity index (χ3v) is 3.98. The van der Waals surface area contributed by atoms with Crippen molar-refractivity contribution in [2.24, 2.45) is 0 Å². The molecular formula is C16H24N2O3. The van der Waals surface area contributed by atoms with Crippen molar-refractivity contribution < 1.29 is 14.6 Å². The van der Waals surface area contributed by atoms with Gasteiger partial charge in [-0.15, -0.1) is 0 Å². The summed E-state index contributed by atoms with van der Waals surface area (Å²) in [6.45, 7) is 6.39. The highest BCUT2D eigenvalue weighted by atomic mass is 16.5. The van der Waals surface area contributed by atoms with Crippen LogP contribution in [0, 0.1) is 6.92 Å². The molecule has 2 rings (SSSR count). The van der Waals surface area contributed by atoms with E-state index in [2.05, 4.69) is 5.32 Å². The van der Waals surface area contributed by atoms with Crippen molar-refractivity contribution in [3.05, 3.63) is 35.4 Å². The van der Waals surface area contributed by atoms with Gasteiger partial charge in [0.15, 0.2) is 0 Å². The van der Waals surface area contributed by atoms with Crippen molar-refractivity contribution in [2.45, 2.75) is 32.5 Å². The van der Waals surface area contributed by atoms with Crippen LogP contribution in [0.15, 0.2) is 24.3 Å². The number of likely N-dealkylation sites (N-methyl/N-ethyl adjacent to an activating group) is 1. The molecule has 2 atom stereocenters. The Balaban J connectivity index is 1.84. The molecular weight excluding hydrogens is 268 g/mol. The van der Waals surface area contributed by atoms with Gasteiger partial charge in [0.25, 0.3) is 0 Å². The average molecular weight is 292 g/mol. The van der Waals surface area contributed by atoms with Crippen LogP contribution in [0.25, 0.3) is 0 Å². The maximum Gasteiger partial charge on any atom is 0.234 e. The van der Waals surface area contributed by atoms with E-state index in [1.165, 1.54) is 5.56 Å². The molecule has 0 radical (unpaired) electrons. The number of nitrogens with one attached hydrogen (secondary N) is 1. The zero-order chi connectivity index (χ0) is 15.2. The lowest BCUT2D eigenvalue weighted by Crippen LogP contribution is -2.47. The Labute approximate surface area is 125 Å². The molecule has 1 saturated heterocycles. The number of hydrogen-bond acceptors (Lipinski definition) is 4. The summed E-state index contributed by atoms with van der Waals surface area (Å²) >= 11 is 0. The van der Waals surface area contributed by atoms with E-state index in [9.17, 15) is 9.90 Å². The molecule has 2 N–H and O–H groups in total. The number of carbonyl (C=O) groups is 1. The summed E-state index contributed by atoms with van der Waals surface area (Å²) < 4.78 is 5.26. The summed E-state index contributed by atoms with van der Waals surface area (Å²) in [5, 5.41) is 12.8. The van der Waals surface area contributed by atoms with Gasteiger partial charge in [0, 0.05) is 6.54 Å². The van der Waals surface area contributed by atoms with Gasteiger partial charge in [-0.05, 0) is 24.6 Å². The molecule has 0 bridgehead atoms. The summed E-state index contributed by atoms with van der Waals surface area (Å²) in [4.78, 5) is 14.0. The molecule has 1 heterocycles. The number of hydrogen-bond donors (Lipinski definition) is 2. The van der Waals surface area contributed by atoms with Crippen LogP contribution in [0.4, 0.5) is 0 Å². The lowest BCUT2D eigenvalue weighted by atomic mass is 10.1. The highest BCUT2D eigenvalue weighted by Gasteiger charge is 2.31. The number of benzene rings is 1. The monoisotopic (exact) mass is 292 g/mol. The molecule has 5 heteroatoms. The average Bonchev–Trinajstić information content (AvgIpc) is 2.90. The number of aliphatic hydroxyl groups is 1. The van der Waals surface area contributed by atoms with E-state index < -0.39 is 6.10 Å². The van der Waals surface area contributed by atoms with Crippen molar-refractivity contribution in [1.82, 2.24) is 10.2 Å². The molecule has 0 spiro atoms. The van der Waals surface area contributed by atoms with Gasteiger partial charge >= 0.3 is 0 Å². The summed E-state index contributed by atoms with van der Waals surface area (Å²) in [6.07, 6.45) is -0.505. The fraction of sp³-hybridized carbons (Fsp3) is 0.562. The molecule has 116 valence electrons. The first-order valence-electron chi connectivity index (χ1n) is 7.43. The number of carbonyl (C=O) groups excluding carboxylic acids is 1. The molecule has 1 aliphatic heterocycles. The van der Waals surface area contributed by atoms with E-state index in [4.69, 9.17) is 4.74 Å². The Morgan fingerprint density at radius 2 is 2.19 bits per heavy atom. The van der Waals surface area contributed by atoms with Gasteiger partial charge in [0.2, 0.25) is 5.91 Å². The molecule has 1 amide bonds. The Morgan fingerprint density at radius 3 is 2.81 bits per heavy atom. The Hall–Kier alpha value is -1.43. The molecule has 5 nitrogen and oxygen atoms in total. The minimum absolute atomic E-state index is 0.0285. The van der Waals surface area contributed by atoms with E-state index in [0.29, 0.717) is 26.3 Å². The van der Waals surface area contributed by atoms with Crippen LogP contribution < -0.4 is 5.32 Å². The molecule has 21 heavy (non-hydrogen) atoms. The molecule has 0 aliphatic carbocycles. The third kappa shape index (κ3) is 4.27. The van der Waals surface area contributed by atoms with Gasteiger partial charge in [0.1, 0.15) is 0 Å². The summed E-state index contributed by atoms with van der Waals surface area (Å²) in [5.41, 5.74) is 2.29. The maximum atomic E-state index is 12.1. The fourth-order valence-electron chi connectivity index (χ4n) is 2.59. The predicted octanol–water partition coefficient (Wildman–Crippen LogP) is 0.693. The first-order chi connectivity index (χ1) is 10.1. The number of nitrogens with zero attached hydrogens (tertiary/aromatic N) is 1. The SMILES string of the molecule is CCN(CC(=O)NCc1ccccc1C)[C@@H]1COC[C@H]1O.